The van der Waals surface area contributed by atoms with Gasteiger partial charge in [0, 0.05) is 31.3 Å². The van der Waals surface area contributed by atoms with Gasteiger partial charge in [-0.2, -0.15) is 0 Å². The average molecular weight is 274 g/mol. The Morgan fingerprint density at radius 3 is 2.75 bits per heavy atom. The fraction of sp³-hybridized carbons (Fsp3) is 0.400. The quantitative estimate of drug-likeness (QED) is 0.483. The average Bonchev–Trinajstić information content (AvgIpc) is 2.46. The molecule has 0 bridgehead atoms. The Morgan fingerprint density at radius 2 is 2.10 bits per heavy atom. The summed E-state index contributed by atoms with van der Waals surface area (Å²) in [7, 11) is 0. The molecule has 1 aromatic rings. The van der Waals surface area contributed by atoms with Crippen molar-refractivity contribution in [2.75, 3.05) is 13.1 Å². The molecule has 106 valence electrons. The molecule has 1 aliphatic heterocycles. The van der Waals surface area contributed by atoms with Crippen LogP contribution < -0.4 is 0 Å². The maximum absolute atomic E-state index is 12.0. The van der Waals surface area contributed by atoms with Crippen LogP contribution in [-0.4, -0.2) is 28.8 Å². The summed E-state index contributed by atoms with van der Waals surface area (Å²) in [5.41, 5.74) is 0.698. The van der Waals surface area contributed by atoms with Gasteiger partial charge >= 0.3 is 0 Å². The highest BCUT2D eigenvalue weighted by molar-refractivity contribution is 5.91. The lowest BCUT2D eigenvalue weighted by Gasteiger charge is -2.29. The molecule has 20 heavy (non-hydrogen) atoms. The minimum absolute atomic E-state index is 0.0246. The van der Waals surface area contributed by atoms with Crippen molar-refractivity contribution in [1.82, 2.24) is 4.90 Å². The Labute approximate surface area is 118 Å². The van der Waals surface area contributed by atoms with Crippen molar-refractivity contribution in [3.8, 4) is 0 Å². The van der Waals surface area contributed by atoms with Crippen LogP contribution in [0.3, 0.4) is 0 Å². The van der Waals surface area contributed by atoms with Gasteiger partial charge in [0.2, 0.25) is 5.91 Å². The van der Waals surface area contributed by atoms with Gasteiger partial charge in [-0.25, -0.2) is 0 Å². The van der Waals surface area contributed by atoms with E-state index >= 15 is 0 Å². The highest BCUT2D eigenvalue weighted by Gasteiger charge is 2.18. The number of rotatable bonds is 3. The first kappa shape index (κ1) is 14.2. The molecule has 1 aliphatic rings. The van der Waals surface area contributed by atoms with Crippen molar-refractivity contribution < 1.29 is 9.72 Å². The van der Waals surface area contributed by atoms with E-state index in [0.717, 1.165) is 25.9 Å². The fourth-order valence-corrected chi connectivity index (χ4v) is 2.24. The van der Waals surface area contributed by atoms with Crippen LogP contribution in [0.1, 0.15) is 25.3 Å². The predicted octanol–water partition coefficient (Wildman–Crippen LogP) is 2.87. The molecule has 0 spiro atoms. The number of hydrogen-bond acceptors (Lipinski definition) is 3. The molecule has 1 aromatic carbocycles. The molecule has 1 amide bonds. The smallest absolute Gasteiger partial charge is 0.270 e. The Bertz CT molecular complexity index is 532. The van der Waals surface area contributed by atoms with Crippen LogP contribution in [0.2, 0.25) is 0 Å². The van der Waals surface area contributed by atoms with E-state index in [4.69, 9.17) is 0 Å². The van der Waals surface area contributed by atoms with Gasteiger partial charge in [0.1, 0.15) is 0 Å². The van der Waals surface area contributed by atoms with Crippen molar-refractivity contribution >= 4 is 17.7 Å². The molecule has 0 atom stereocenters. The summed E-state index contributed by atoms with van der Waals surface area (Å²) >= 11 is 0. The molecule has 1 heterocycles. The lowest BCUT2D eigenvalue weighted by atomic mass is 9.99. The zero-order chi connectivity index (χ0) is 14.5. The van der Waals surface area contributed by atoms with Crippen molar-refractivity contribution in [3.05, 3.63) is 46.0 Å². The third kappa shape index (κ3) is 3.66. The molecular weight excluding hydrogens is 256 g/mol. The van der Waals surface area contributed by atoms with Gasteiger partial charge in [-0.05, 0) is 30.4 Å². The Hall–Kier alpha value is -2.17. The Balaban J connectivity index is 2.00. The molecular formula is C15H18N2O3. The van der Waals surface area contributed by atoms with E-state index < -0.39 is 4.92 Å². The molecule has 1 fully saturated rings. The molecule has 0 N–H and O–H groups in total. The van der Waals surface area contributed by atoms with Crippen LogP contribution in [0.25, 0.3) is 6.08 Å². The van der Waals surface area contributed by atoms with Gasteiger partial charge in [0.25, 0.3) is 5.69 Å². The molecule has 2 rings (SSSR count). The fourth-order valence-electron chi connectivity index (χ4n) is 2.24. The number of benzene rings is 1. The monoisotopic (exact) mass is 274 g/mol. The number of carbonyl (C=O) groups is 1. The molecule has 0 saturated carbocycles. The third-order valence-electron chi connectivity index (χ3n) is 3.59. The van der Waals surface area contributed by atoms with Crippen LogP contribution >= 0.6 is 0 Å². The number of hydrogen-bond donors (Lipinski definition) is 0. The van der Waals surface area contributed by atoms with Crippen LogP contribution in [0.5, 0.6) is 0 Å². The second-order valence-corrected chi connectivity index (χ2v) is 5.19. The van der Waals surface area contributed by atoms with Crippen LogP contribution in [0, 0.1) is 16.0 Å². The largest absolute Gasteiger partial charge is 0.339 e. The molecule has 0 aromatic heterocycles. The number of carbonyl (C=O) groups excluding carboxylic acids is 1. The number of nitro benzene ring substituents is 1. The second-order valence-electron chi connectivity index (χ2n) is 5.19. The standard InChI is InChI=1S/C15H18N2O3/c1-12-7-9-16(10-8-12)15(18)6-5-13-3-2-4-14(11-13)17(19)20/h2-6,11-12H,7-10H2,1H3. The van der Waals surface area contributed by atoms with E-state index in [9.17, 15) is 14.9 Å². The number of non-ortho nitro benzene ring substituents is 1. The lowest BCUT2D eigenvalue weighted by molar-refractivity contribution is -0.384. The number of amides is 1. The summed E-state index contributed by atoms with van der Waals surface area (Å²) in [5.74, 6) is 0.656. The summed E-state index contributed by atoms with van der Waals surface area (Å²) < 4.78 is 0. The van der Waals surface area contributed by atoms with E-state index in [0.29, 0.717) is 11.5 Å². The van der Waals surface area contributed by atoms with Gasteiger partial charge in [0.05, 0.1) is 4.92 Å². The molecule has 0 unspecified atom stereocenters. The van der Waals surface area contributed by atoms with Gasteiger partial charge < -0.3 is 4.90 Å². The van der Waals surface area contributed by atoms with Crippen molar-refractivity contribution in [2.45, 2.75) is 19.8 Å². The highest BCUT2D eigenvalue weighted by Crippen LogP contribution is 2.17. The van der Waals surface area contributed by atoms with E-state index in [1.807, 2.05) is 4.90 Å². The van der Waals surface area contributed by atoms with E-state index in [1.165, 1.54) is 18.2 Å². The maximum atomic E-state index is 12.0. The summed E-state index contributed by atoms with van der Waals surface area (Å²) in [4.78, 5) is 24.1. The maximum Gasteiger partial charge on any atom is 0.270 e. The zero-order valence-corrected chi connectivity index (χ0v) is 11.5. The van der Waals surface area contributed by atoms with Crippen molar-refractivity contribution in [3.63, 3.8) is 0 Å². The number of piperidine rings is 1. The third-order valence-corrected chi connectivity index (χ3v) is 3.59. The van der Waals surface area contributed by atoms with Gasteiger partial charge in [-0.1, -0.05) is 19.1 Å². The SMILES string of the molecule is CC1CCN(C(=O)C=Cc2cccc([N+](=O)[O-])c2)CC1. The van der Waals surface area contributed by atoms with Crippen LogP contribution in [-0.2, 0) is 4.79 Å². The minimum Gasteiger partial charge on any atom is -0.339 e. The molecule has 5 heteroatoms. The van der Waals surface area contributed by atoms with Crippen LogP contribution in [0.4, 0.5) is 5.69 Å². The second kappa shape index (κ2) is 6.32. The molecule has 1 saturated heterocycles. The van der Waals surface area contributed by atoms with E-state index in [-0.39, 0.29) is 11.6 Å². The topological polar surface area (TPSA) is 63.5 Å². The number of nitro groups is 1. The van der Waals surface area contributed by atoms with Gasteiger partial charge in [-0.15, -0.1) is 0 Å². The molecule has 0 radical (unpaired) electrons. The summed E-state index contributed by atoms with van der Waals surface area (Å²) in [5, 5.41) is 10.7. The normalized spacial score (nSPS) is 16.6. The van der Waals surface area contributed by atoms with Crippen molar-refractivity contribution in [1.29, 1.82) is 0 Å². The Kier molecular flexibility index (Phi) is 4.50. The van der Waals surface area contributed by atoms with Gasteiger partial charge in [-0.3, -0.25) is 14.9 Å². The summed E-state index contributed by atoms with van der Waals surface area (Å²) in [6.45, 7) is 3.78. The van der Waals surface area contributed by atoms with Crippen LogP contribution in [0.15, 0.2) is 30.3 Å². The molecule has 5 nitrogen and oxygen atoms in total. The minimum atomic E-state index is -0.439. The first-order chi connectivity index (χ1) is 9.56. The lowest BCUT2D eigenvalue weighted by Crippen LogP contribution is -2.36. The highest BCUT2D eigenvalue weighted by atomic mass is 16.6. The van der Waals surface area contributed by atoms with Crippen molar-refractivity contribution in [2.24, 2.45) is 5.92 Å². The molecule has 0 aliphatic carbocycles. The zero-order valence-electron chi connectivity index (χ0n) is 11.5. The number of likely N-dealkylation sites (tertiary alicyclic amines) is 1. The summed E-state index contributed by atoms with van der Waals surface area (Å²) in [6, 6.07) is 6.26. The summed E-state index contributed by atoms with van der Waals surface area (Å²) in [6.07, 6.45) is 5.20. The Morgan fingerprint density at radius 1 is 1.40 bits per heavy atom. The van der Waals surface area contributed by atoms with Gasteiger partial charge in [0.15, 0.2) is 0 Å². The van der Waals surface area contributed by atoms with E-state index in [2.05, 4.69) is 6.92 Å². The predicted molar refractivity (Wildman–Crippen MR) is 77.1 cm³/mol. The number of nitrogens with zero attached hydrogens (tertiary/aromatic N) is 2. The van der Waals surface area contributed by atoms with E-state index in [1.54, 1.807) is 18.2 Å². The first-order valence-corrected chi connectivity index (χ1v) is 6.77. The first-order valence-electron chi connectivity index (χ1n) is 6.77.